The second-order valence-corrected chi connectivity index (χ2v) is 25.6. The summed E-state index contributed by atoms with van der Waals surface area (Å²) in [4.78, 5) is 24.6. The summed E-state index contributed by atoms with van der Waals surface area (Å²) in [5, 5.41) is 23.3. The number of hydrogen-bond acceptors (Lipinski definition) is 5. The van der Waals surface area contributed by atoms with Gasteiger partial charge in [0.1, 0.15) is 0 Å². The monoisotopic (exact) mass is 1160 g/mol. The molecule has 488 valence electrons. The fourth-order valence-electron chi connectivity index (χ4n) is 11.6. The number of nitrogens with one attached hydrogen (secondary N) is 1. The Kier molecular flexibility index (Phi) is 70.4. The molecule has 0 aliphatic carbocycles. The number of ether oxygens (including phenoxy) is 1. The van der Waals surface area contributed by atoms with E-state index in [0.717, 1.165) is 51.4 Å². The third-order valence-corrected chi connectivity index (χ3v) is 17.3. The number of rotatable bonds is 70. The highest BCUT2D eigenvalue weighted by molar-refractivity contribution is 5.76. The zero-order valence-electron chi connectivity index (χ0n) is 55.9. The second-order valence-electron chi connectivity index (χ2n) is 25.6. The van der Waals surface area contributed by atoms with Crippen LogP contribution in [0, 0.1) is 0 Å². The fourth-order valence-corrected chi connectivity index (χ4v) is 11.6. The second kappa shape index (κ2) is 72.3. The van der Waals surface area contributed by atoms with E-state index < -0.39 is 12.1 Å². The van der Waals surface area contributed by atoms with Crippen molar-refractivity contribution in [3.63, 3.8) is 0 Å². The van der Waals surface area contributed by atoms with Gasteiger partial charge in [0.25, 0.3) is 0 Å². The van der Waals surface area contributed by atoms with Crippen molar-refractivity contribution in [3.8, 4) is 0 Å². The number of hydrogen-bond donors (Lipinski definition) is 3. The van der Waals surface area contributed by atoms with Crippen LogP contribution in [0.3, 0.4) is 0 Å². The van der Waals surface area contributed by atoms with E-state index in [1.165, 1.54) is 327 Å². The van der Waals surface area contributed by atoms with Crippen LogP contribution in [0.25, 0.3) is 0 Å². The molecule has 2 atom stereocenters. The minimum Gasteiger partial charge on any atom is -0.466 e. The summed E-state index contributed by atoms with van der Waals surface area (Å²) in [6.07, 6.45) is 94.9. The van der Waals surface area contributed by atoms with Crippen LogP contribution in [0.1, 0.15) is 406 Å². The Morgan fingerprint density at radius 3 is 0.940 bits per heavy atom. The number of aliphatic hydroxyl groups excluding tert-OH is 2. The number of esters is 1. The standard InChI is InChI=1S/C77H145NO5/c1-3-5-7-9-11-13-15-17-18-19-20-21-33-36-39-42-46-49-53-57-61-65-69-75(80)74(73-79)78-76(81)70-66-62-58-54-50-47-43-40-37-34-31-29-27-25-23-22-24-26-28-30-32-35-38-41-44-48-52-56-60-64-68-72-83-77(82)71-67-63-59-55-51-45-16-14-12-10-8-6-4-2/h14,16,24,26,30,32,65,69,74-75,79-80H,3-13,15,17-23,25,27-29,31,33-64,66-68,70-73H2,1-2H3,(H,78,81)/b16-14-,26-24-,32-30-,69-65+. The van der Waals surface area contributed by atoms with Gasteiger partial charge in [-0.15, -0.1) is 0 Å². The Bertz CT molecular complexity index is 1390. The Labute approximate surface area is 518 Å². The SMILES string of the molecule is CCCCCC/C=C\CCCCCCCC(=O)OCCCCCCCCCCC/C=C\C/C=C\CCCCCCCCCCCCCCCCCC(=O)NC(CO)C(O)/C=C/CCCCCCCCCCCCCCCCCCCCCC. The highest BCUT2D eigenvalue weighted by atomic mass is 16.5. The number of allylic oxidation sites excluding steroid dienone is 7. The highest BCUT2D eigenvalue weighted by Gasteiger charge is 2.18. The summed E-state index contributed by atoms with van der Waals surface area (Å²) in [5.74, 6) is -0.0597. The van der Waals surface area contributed by atoms with Gasteiger partial charge in [0.05, 0.1) is 25.4 Å². The Morgan fingerprint density at radius 1 is 0.337 bits per heavy atom. The van der Waals surface area contributed by atoms with Crippen molar-refractivity contribution in [1.29, 1.82) is 0 Å². The van der Waals surface area contributed by atoms with Crippen molar-refractivity contribution in [1.82, 2.24) is 5.32 Å². The van der Waals surface area contributed by atoms with E-state index in [-0.39, 0.29) is 18.5 Å². The molecule has 0 radical (unpaired) electrons. The molecule has 2 unspecified atom stereocenters. The van der Waals surface area contributed by atoms with Gasteiger partial charge in [-0.25, -0.2) is 0 Å². The summed E-state index contributed by atoms with van der Waals surface area (Å²) in [6.45, 7) is 4.92. The largest absolute Gasteiger partial charge is 0.466 e. The predicted octanol–water partition coefficient (Wildman–Crippen LogP) is 24.4. The molecule has 0 aromatic rings. The van der Waals surface area contributed by atoms with E-state index in [1.54, 1.807) is 6.08 Å². The average Bonchev–Trinajstić information content (AvgIpc) is 3.49. The lowest BCUT2D eigenvalue weighted by molar-refractivity contribution is -0.143. The van der Waals surface area contributed by atoms with Gasteiger partial charge in [-0.3, -0.25) is 9.59 Å². The van der Waals surface area contributed by atoms with Crippen LogP contribution in [0.2, 0.25) is 0 Å². The molecule has 0 saturated carbocycles. The molecule has 6 heteroatoms. The quantitative estimate of drug-likeness (QED) is 0.0320. The molecule has 0 aliphatic rings. The van der Waals surface area contributed by atoms with Crippen molar-refractivity contribution in [2.24, 2.45) is 0 Å². The van der Waals surface area contributed by atoms with Gasteiger partial charge in [0.2, 0.25) is 5.91 Å². The highest BCUT2D eigenvalue weighted by Crippen LogP contribution is 2.19. The lowest BCUT2D eigenvalue weighted by Gasteiger charge is -2.20. The topological polar surface area (TPSA) is 95.9 Å². The molecule has 0 spiro atoms. The molecular weight excluding hydrogens is 1020 g/mol. The van der Waals surface area contributed by atoms with Crippen molar-refractivity contribution in [2.75, 3.05) is 13.2 Å². The van der Waals surface area contributed by atoms with Gasteiger partial charge in [-0.2, -0.15) is 0 Å². The third-order valence-electron chi connectivity index (χ3n) is 17.3. The molecular formula is C77H145NO5. The number of amides is 1. The van der Waals surface area contributed by atoms with Crippen LogP contribution < -0.4 is 5.32 Å². The van der Waals surface area contributed by atoms with Crippen molar-refractivity contribution >= 4 is 11.9 Å². The first-order valence-corrected chi connectivity index (χ1v) is 37.4. The number of aliphatic hydroxyl groups is 2. The Hall–Kier alpha value is -2.18. The van der Waals surface area contributed by atoms with E-state index in [0.29, 0.717) is 19.4 Å². The predicted molar refractivity (Wildman–Crippen MR) is 366 cm³/mol. The van der Waals surface area contributed by atoms with Crippen LogP contribution in [-0.4, -0.2) is 47.4 Å². The molecule has 83 heavy (non-hydrogen) atoms. The molecule has 0 aromatic heterocycles. The first-order valence-electron chi connectivity index (χ1n) is 37.4. The average molecular weight is 1170 g/mol. The molecule has 0 rings (SSSR count). The first kappa shape index (κ1) is 80.8. The number of carbonyl (C=O) groups is 2. The van der Waals surface area contributed by atoms with E-state index >= 15 is 0 Å². The molecule has 6 nitrogen and oxygen atoms in total. The minimum absolute atomic E-state index is 0.00384. The molecule has 0 saturated heterocycles. The Balaban J connectivity index is 3.42. The van der Waals surface area contributed by atoms with Crippen LogP contribution in [0.15, 0.2) is 48.6 Å². The van der Waals surface area contributed by atoms with Gasteiger partial charge in [0.15, 0.2) is 0 Å². The molecule has 0 fully saturated rings. The zero-order chi connectivity index (χ0) is 59.9. The summed E-state index contributed by atoms with van der Waals surface area (Å²) < 4.78 is 5.48. The summed E-state index contributed by atoms with van der Waals surface area (Å²) in [5.41, 5.74) is 0. The normalized spacial score (nSPS) is 12.8. The first-order chi connectivity index (χ1) is 41.0. The molecule has 3 N–H and O–H groups in total. The van der Waals surface area contributed by atoms with Crippen LogP contribution in [-0.2, 0) is 14.3 Å². The van der Waals surface area contributed by atoms with Crippen molar-refractivity contribution in [2.45, 2.75) is 418 Å². The fraction of sp³-hybridized carbons (Fsp3) is 0.870. The molecule has 0 bridgehead atoms. The van der Waals surface area contributed by atoms with Crippen molar-refractivity contribution < 1.29 is 24.5 Å². The summed E-state index contributed by atoms with van der Waals surface area (Å²) >= 11 is 0. The van der Waals surface area contributed by atoms with Gasteiger partial charge >= 0.3 is 5.97 Å². The maximum absolute atomic E-state index is 12.5. The van der Waals surface area contributed by atoms with Gasteiger partial charge in [0, 0.05) is 12.8 Å². The summed E-state index contributed by atoms with van der Waals surface area (Å²) in [7, 11) is 0. The van der Waals surface area contributed by atoms with Gasteiger partial charge in [-0.1, -0.05) is 351 Å². The molecule has 0 heterocycles. The van der Waals surface area contributed by atoms with E-state index in [1.807, 2.05) is 6.08 Å². The van der Waals surface area contributed by atoms with E-state index in [4.69, 9.17) is 4.74 Å². The maximum atomic E-state index is 12.5. The van der Waals surface area contributed by atoms with E-state index in [2.05, 4.69) is 55.6 Å². The molecule has 1 amide bonds. The third kappa shape index (κ3) is 68.8. The minimum atomic E-state index is -0.846. The van der Waals surface area contributed by atoms with Crippen molar-refractivity contribution in [3.05, 3.63) is 48.6 Å². The lowest BCUT2D eigenvalue weighted by atomic mass is 10.0. The smallest absolute Gasteiger partial charge is 0.305 e. The number of carbonyl (C=O) groups excluding carboxylic acids is 2. The molecule has 0 aromatic carbocycles. The molecule has 0 aliphatic heterocycles. The summed E-state index contributed by atoms with van der Waals surface area (Å²) in [6, 6.07) is -0.629. The Morgan fingerprint density at radius 2 is 0.602 bits per heavy atom. The number of unbranched alkanes of at least 4 members (excludes halogenated alkanes) is 53. The maximum Gasteiger partial charge on any atom is 0.305 e. The van der Waals surface area contributed by atoms with Crippen LogP contribution in [0.4, 0.5) is 0 Å². The van der Waals surface area contributed by atoms with Crippen LogP contribution in [0.5, 0.6) is 0 Å². The zero-order valence-corrected chi connectivity index (χ0v) is 55.9. The van der Waals surface area contributed by atoms with Gasteiger partial charge < -0.3 is 20.3 Å². The van der Waals surface area contributed by atoms with E-state index in [9.17, 15) is 19.8 Å². The lowest BCUT2D eigenvalue weighted by Crippen LogP contribution is -2.45. The van der Waals surface area contributed by atoms with Gasteiger partial charge in [-0.05, 0) is 89.9 Å². The van der Waals surface area contributed by atoms with Crippen LogP contribution >= 0.6 is 0 Å².